The Labute approximate surface area is 131 Å². The molecule has 1 nitrogen and oxygen atoms in total. The van der Waals surface area contributed by atoms with E-state index in [2.05, 4.69) is 47.3 Å². The van der Waals surface area contributed by atoms with Gasteiger partial charge in [-0.3, -0.25) is 0 Å². The lowest BCUT2D eigenvalue weighted by molar-refractivity contribution is -0.236. The molecule has 2 saturated carbocycles. The second-order valence-electron chi connectivity index (χ2n) is 9.30. The molecule has 0 N–H and O–H groups in total. The molecule has 1 aliphatic heterocycles. The quantitative estimate of drug-likeness (QED) is 0.559. The summed E-state index contributed by atoms with van der Waals surface area (Å²) in [5.41, 5.74) is 0.779. The minimum Gasteiger partial charge on any atom is -0.364 e. The van der Waals surface area contributed by atoms with E-state index in [0.29, 0.717) is 16.7 Å². The maximum Gasteiger partial charge on any atom is 0.0840 e. The van der Waals surface area contributed by atoms with Gasteiger partial charge in [0.15, 0.2) is 0 Å². The number of ether oxygens (including phenoxy) is 1. The Balaban J connectivity index is 2.04. The fraction of sp³-hybridized carbons (Fsp3) is 0.900. The lowest BCUT2D eigenvalue weighted by Crippen LogP contribution is -2.62. The summed E-state index contributed by atoms with van der Waals surface area (Å²) in [5, 5.41) is 0. The van der Waals surface area contributed by atoms with Crippen molar-refractivity contribution in [3.8, 4) is 0 Å². The second kappa shape index (κ2) is 4.60. The smallest absolute Gasteiger partial charge is 0.0840 e. The topological polar surface area (TPSA) is 9.23 Å². The van der Waals surface area contributed by atoms with Crippen molar-refractivity contribution in [3.63, 3.8) is 0 Å². The van der Waals surface area contributed by atoms with Gasteiger partial charge >= 0.3 is 0 Å². The molecule has 0 radical (unpaired) electrons. The molecule has 1 unspecified atom stereocenters. The first-order chi connectivity index (χ1) is 9.69. The first-order valence-electron chi connectivity index (χ1n) is 9.03. The van der Waals surface area contributed by atoms with Gasteiger partial charge in [-0.2, -0.15) is 0 Å². The van der Waals surface area contributed by atoms with Crippen LogP contribution in [-0.4, -0.2) is 11.2 Å². The minimum absolute atomic E-state index is 0.0799. The molecule has 0 aromatic carbocycles. The molecule has 21 heavy (non-hydrogen) atoms. The van der Waals surface area contributed by atoms with Crippen LogP contribution in [0, 0.1) is 22.7 Å². The molecule has 120 valence electrons. The number of hydrogen-bond donors (Lipinski definition) is 0. The van der Waals surface area contributed by atoms with Gasteiger partial charge in [-0.05, 0) is 62.7 Å². The van der Waals surface area contributed by atoms with E-state index in [-0.39, 0.29) is 11.2 Å². The predicted molar refractivity (Wildman–Crippen MR) is 89.3 cm³/mol. The van der Waals surface area contributed by atoms with Crippen molar-refractivity contribution in [2.75, 3.05) is 0 Å². The number of hydrogen-bond acceptors (Lipinski definition) is 1. The van der Waals surface area contributed by atoms with Gasteiger partial charge in [0.2, 0.25) is 0 Å². The molecule has 0 amide bonds. The van der Waals surface area contributed by atoms with E-state index in [0.717, 1.165) is 12.3 Å². The average molecular weight is 290 g/mol. The molecule has 2 aliphatic carbocycles. The third-order valence-electron chi connectivity index (χ3n) is 7.72. The van der Waals surface area contributed by atoms with Gasteiger partial charge in [-0.1, -0.05) is 40.2 Å². The van der Waals surface area contributed by atoms with Gasteiger partial charge < -0.3 is 4.74 Å². The van der Waals surface area contributed by atoms with Crippen LogP contribution in [0.15, 0.2) is 12.7 Å². The Bertz CT molecular complexity index is 439. The highest BCUT2D eigenvalue weighted by Gasteiger charge is 2.65. The zero-order chi connectivity index (χ0) is 15.5. The van der Waals surface area contributed by atoms with Gasteiger partial charge in [-0.15, -0.1) is 6.58 Å². The Hall–Kier alpha value is -0.300. The molecule has 0 aromatic rings. The highest BCUT2D eigenvalue weighted by Crippen LogP contribution is 2.67. The number of rotatable bonds is 1. The molecule has 0 aromatic heterocycles. The fourth-order valence-electron chi connectivity index (χ4n) is 6.40. The van der Waals surface area contributed by atoms with Crippen LogP contribution in [0.5, 0.6) is 0 Å². The molecule has 1 spiro atoms. The van der Waals surface area contributed by atoms with E-state index >= 15 is 0 Å². The van der Waals surface area contributed by atoms with E-state index in [9.17, 15) is 0 Å². The van der Waals surface area contributed by atoms with Gasteiger partial charge in [0.1, 0.15) is 0 Å². The molecule has 1 heteroatoms. The molecule has 5 atom stereocenters. The first-order valence-corrected chi connectivity index (χ1v) is 9.03. The van der Waals surface area contributed by atoms with Crippen molar-refractivity contribution in [3.05, 3.63) is 12.7 Å². The molecule has 3 rings (SSSR count). The van der Waals surface area contributed by atoms with Gasteiger partial charge in [-0.25, -0.2) is 0 Å². The SMILES string of the molecule is C=C[C@@]1(C)CC[C@@]2(O1)[C@H](C)CCC1C(C)(C)CCC[C@@]12C. The van der Waals surface area contributed by atoms with Crippen LogP contribution in [0.4, 0.5) is 0 Å². The van der Waals surface area contributed by atoms with Crippen LogP contribution in [0.2, 0.25) is 0 Å². The van der Waals surface area contributed by atoms with E-state index in [4.69, 9.17) is 4.74 Å². The Morgan fingerprint density at radius 2 is 1.71 bits per heavy atom. The van der Waals surface area contributed by atoms with E-state index in [1.165, 1.54) is 38.5 Å². The fourth-order valence-corrected chi connectivity index (χ4v) is 6.40. The molecule has 3 fully saturated rings. The number of fused-ring (bicyclic) bond motifs is 2. The maximum absolute atomic E-state index is 6.89. The van der Waals surface area contributed by atoms with Crippen LogP contribution in [0.3, 0.4) is 0 Å². The van der Waals surface area contributed by atoms with E-state index < -0.39 is 0 Å². The molecule has 3 aliphatic rings. The summed E-state index contributed by atoms with van der Waals surface area (Å²) in [6.07, 6.45) is 11.2. The summed E-state index contributed by atoms with van der Waals surface area (Å²) in [5.74, 6) is 1.48. The first kappa shape index (κ1) is 15.6. The van der Waals surface area contributed by atoms with Crippen molar-refractivity contribution in [1.29, 1.82) is 0 Å². The van der Waals surface area contributed by atoms with E-state index in [1.807, 2.05) is 0 Å². The molecular formula is C20H34O. The van der Waals surface area contributed by atoms with Crippen molar-refractivity contribution in [2.24, 2.45) is 22.7 Å². The van der Waals surface area contributed by atoms with Crippen LogP contribution >= 0.6 is 0 Å². The van der Waals surface area contributed by atoms with Crippen molar-refractivity contribution in [1.82, 2.24) is 0 Å². The molecule has 0 bridgehead atoms. The van der Waals surface area contributed by atoms with Crippen molar-refractivity contribution in [2.45, 2.75) is 90.8 Å². The molecule has 1 saturated heterocycles. The maximum atomic E-state index is 6.89. The van der Waals surface area contributed by atoms with E-state index in [1.54, 1.807) is 0 Å². The molecule has 1 heterocycles. The van der Waals surface area contributed by atoms with Gasteiger partial charge in [0, 0.05) is 5.41 Å². The Kier molecular flexibility index (Phi) is 3.41. The lowest BCUT2D eigenvalue weighted by atomic mass is 9.44. The summed E-state index contributed by atoms with van der Waals surface area (Å²) < 4.78 is 6.89. The van der Waals surface area contributed by atoms with Gasteiger partial charge in [0.25, 0.3) is 0 Å². The Morgan fingerprint density at radius 3 is 2.33 bits per heavy atom. The summed E-state index contributed by atoms with van der Waals surface area (Å²) in [6, 6.07) is 0. The molecular weight excluding hydrogens is 256 g/mol. The Morgan fingerprint density at radius 1 is 1.00 bits per heavy atom. The summed E-state index contributed by atoms with van der Waals surface area (Å²) >= 11 is 0. The third kappa shape index (κ3) is 1.99. The van der Waals surface area contributed by atoms with Crippen LogP contribution in [-0.2, 0) is 4.74 Å². The summed E-state index contributed by atoms with van der Waals surface area (Å²) in [7, 11) is 0. The highest BCUT2D eigenvalue weighted by molar-refractivity contribution is 5.17. The van der Waals surface area contributed by atoms with Crippen LogP contribution in [0.25, 0.3) is 0 Å². The minimum atomic E-state index is -0.110. The predicted octanol–water partition coefficient (Wildman–Crippen LogP) is 5.74. The van der Waals surface area contributed by atoms with Crippen LogP contribution in [0.1, 0.15) is 79.6 Å². The zero-order valence-electron chi connectivity index (χ0n) is 14.8. The summed E-state index contributed by atoms with van der Waals surface area (Å²) in [6.45, 7) is 16.3. The monoisotopic (exact) mass is 290 g/mol. The second-order valence-corrected chi connectivity index (χ2v) is 9.30. The van der Waals surface area contributed by atoms with Gasteiger partial charge in [0.05, 0.1) is 11.2 Å². The largest absolute Gasteiger partial charge is 0.364 e. The van der Waals surface area contributed by atoms with Crippen molar-refractivity contribution >= 4 is 0 Å². The summed E-state index contributed by atoms with van der Waals surface area (Å²) in [4.78, 5) is 0. The average Bonchev–Trinajstić information content (AvgIpc) is 2.76. The third-order valence-corrected chi connectivity index (χ3v) is 7.72. The van der Waals surface area contributed by atoms with Crippen LogP contribution < -0.4 is 0 Å². The van der Waals surface area contributed by atoms with Crippen molar-refractivity contribution < 1.29 is 4.74 Å². The lowest BCUT2D eigenvalue weighted by Gasteiger charge is -2.63. The zero-order valence-corrected chi connectivity index (χ0v) is 14.8. The standard InChI is InChI=1S/C20H34O/c1-7-18(5)13-14-20(21-18)15(2)9-10-16-17(3,4)11-8-12-19(16,20)6/h7,15-16H,1,8-14H2,2-6H3/t15-,16?,18+,19+,20-/m1/s1. The normalized spacial score (nSPS) is 52.6. The highest BCUT2D eigenvalue weighted by atomic mass is 16.5.